The maximum absolute atomic E-state index is 2.40. The molecule has 64 valence electrons. The normalized spacial score (nSPS) is 16.0. The van der Waals surface area contributed by atoms with Crippen LogP contribution in [-0.2, 0) is 0 Å². The highest BCUT2D eigenvalue weighted by molar-refractivity contribution is 8.33. The number of hydrogen-bond acceptors (Lipinski definition) is 0. The highest BCUT2D eigenvalue weighted by Crippen LogP contribution is 2.53. The Labute approximate surface area is 67.7 Å². The molecule has 0 amide bonds. The third-order valence-corrected chi connectivity index (χ3v) is 6.60. The van der Waals surface area contributed by atoms with Gasteiger partial charge in [0.25, 0.3) is 0 Å². The molecule has 0 heterocycles. The lowest BCUT2D eigenvalue weighted by atomic mass is 10.00. The Bertz CT molecular complexity index is 106. The molecule has 0 aliphatic carbocycles. The molecule has 0 aromatic carbocycles. The summed E-state index contributed by atoms with van der Waals surface area (Å²) < 4.78 is 0.521. The molecule has 0 aromatic rings. The van der Waals surface area contributed by atoms with Crippen molar-refractivity contribution in [2.75, 3.05) is 18.8 Å². The predicted octanol–water partition coefficient (Wildman–Crippen LogP) is 3.12. The van der Waals surface area contributed by atoms with Gasteiger partial charge in [0.05, 0.1) is 0 Å². The third kappa shape index (κ3) is 1.91. The van der Waals surface area contributed by atoms with Crippen molar-refractivity contribution in [3.05, 3.63) is 0 Å². The van der Waals surface area contributed by atoms with Crippen LogP contribution in [0.2, 0.25) is 0 Å². The Kier molecular flexibility index (Phi) is 2.86. The summed E-state index contributed by atoms with van der Waals surface area (Å²) >= 11 is 0. The lowest BCUT2D eigenvalue weighted by molar-refractivity contribution is 0.498. The fourth-order valence-corrected chi connectivity index (χ4v) is 2.12. The van der Waals surface area contributed by atoms with Crippen LogP contribution >= 0.6 is 10.0 Å². The van der Waals surface area contributed by atoms with Crippen LogP contribution in [0.25, 0.3) is 0 Å². The van der Waals surface area contributed by atoms with E-state index in [-0.39, 0.29) is 0 Å². The average Bonchev–Trinajstić information content (AvgIpc) is 1.62. The second-order valence-electron chi connectivity index (χ2n) is 4.60. The molecule has 0 aliphatic rings. The Balaban J connectivity index is 4.40. The van der Waals surface area contributed by atoms with Crippen molar-refractivity contribution in [2.24, 2.45) is 5.92 Å². The molecule has 0 atom stereocenters. The zero-order valence-corrected chi connectivity index (χ0v) is 9.30. The highest BCUT2D eigenvalue weighted by Gasteiger charge is 2.31. The van der Waals surface area contributed by atoms with Gasteiger partial charge in [0.1, 0.15) is 0 Å². The van der Waals surface area contributed by atoms with Crippen LogP contribution in [0.4, 0.5) is 0 Å². The molecule has 0 saturated carbocycles. The second kappa shape index (κ2) is 2.77. The van der Waals surface area contributed by atoms with Gasteiger partial charge in [-0.2, -0.15) is 0 Å². The Morgan fingerprint density at radius 3 is 1.30 bits per heavy atom. The predicted molar refractivity (Wildman–Crippen MR) is 54.3 cm³/mol. The molecule has 0 fully saturated rings. The highest BCUT2D eigenvalue weighted by atomic mass is 32.3. The third-order valence-electron chi connectivity index (χ3n) is 2.97. The molecule has 0 N–H and O–H groups in total. The summed E-state index contributed by atoms with van der Waals surface area (Å²) in [4.78, 5) is 0. The molecule has 1 heteroatoms. The molecule has 0 unspecified atom stereocenters. The van der Waals surface area contributed by atoms with Gasteiger partial charge in [-0.15, -0.1) is 0 Å². The summed E-state index contributed by atoms with van der Waals surface area (Å²) in [5.41, 5.74) is 0. The Hall–Kier alpha value is 0.350. The van der Waals surface area contributed by atoms with Crippen molar-refractivity contribution >= 4 is 10.0 Å². The number of hydrogen-bond donors (Lipinski definition) is 0. The van der Waals surface area contributed by atoms with Gasteiger partial charge in [0.2, 0.25) is 0 Å². The molecular weight excluding hydrogens is 140 g/mol. The van der Waals surface area contributed by atoms with Gasteiger partial charge < -0.3 is 0 Å². The lowest BCUT2D eigenvalue weighted by Crippen LogP contribution is -2.32. The first-order valence-corrected chi connectivity index (χ1v) is 6.73. The van der Waals surface area contributed by atoms with E-state index in [0.717, 1.165) is 5.92 Å². The maximum atomic E-state index is 2.40. The van der Waals surface area contributed by atoms with Crippen molar-refractivity contribution in [1.29, 1.82) is 0 Å². The topological polar surface area (TPSA) is 0 Å². The van der Waals surface area contributed by atoms with E-state index in [9.17, 15) is 0 Å². The molecule has 0 aromatic heterocycles. The summed E-state index contributed by atoms with van der Waals surface area (Å²) in [6.07, 6.45) is 7.19. The monoisotopic (exact) mass is 162 g/mol. The molecule has 0 bridgehead atoms. The Morgan fingerprint density at radius 2 is 1.30 bits per heavy atom. The minimum atomic E-state index is -0.402. The van der Waals surface area contributed by atoms with Gasteiger partial charge >= 0.3 is 0 Å². The molecule has 0 rings (SSSR count). The van der Waals surface area contributed by atoms with Crippen molar-refractivity contribution in [3.8, 4) is 0 Å². The minimum absolute atomic E-state index is 0.402. The number of rotatable bonds is 2. The fourth-order valence-electron chi connectivity index (χ4n) is 0.707. The summed E-state index contributed by atoms with van der Waals surface area (Å²) in [6, 6.07) is 0. The molecular formula is C9H22S. The molecule has 10 heavy (non-hydrogen) atoms. The van der Waals surface area contributed by atoms with Crippen LogP contribution in [0, 0.1) is 5.92 Å². The molecule has 0 radical (unpaired) electrons. The van der Waals surface area contributed by atoms with Crippen LogP contribution < -0.4 is 0 Å². The van der Waals surface area contributed by atoms with Crippen LogP contribution in [-0.4, -0.2) is 23.5 Å². The van der Waals surface area contributed by atoms with E-state index in [2.05, 4.69) is 46.5 Å². The van der Waals surface area contributed by atoms with Crippen molar-refractivity contribution in [2.45, 2.75) is 32.4 Å². The lowest BCUT2D eigenvalue weighted by Gasteiger charge is -2.47. The van der Waals surface area contributed by atoms with Crippen molar-refractivity contribution < 1.29 is 0 Å². The standard InChI is InChI=1S/C9H22S/c1-8(2)9(3,4)10(5,6)7/h8H,1-7H3. The van der Waals surface area contributed by atoms with Crippen LogP contribution in [0.1, 0.15) is 27.7 Å². The van der Waals surface area contributed by atoms with Gasteiger partial charge in [0, 0.05) is 0 Å². The van der Waals surface area contributed by atoms with E-state index in [0.29, 0.717) is 4.75 Å². The summed E-state index contributed by atoms with van der Waals surface area (Å²) in [7, 11) is -0.402. The molecule has 0 saturated heterocycles. The van der Waals surface area contributed by atoms with Gasteiger partial charge in [0.15, 0.2) is 0 Å². The van der Waals surface area contributed by atoms with Crippen molar-refractivity contribution in [3.63, 3.8) is 0 Å². The first-order chi connectivity index (χ1) is 4.19. The fraction of sp³-hybridized carbons (Fsp3) is 1.00. The van der Waals surface area contributed by atoms with E-state index < -0.39 is 10.0 Å². The van der Waals surface area contributed by atoms with Crippen LogP contribution in [0.5, 0.6) is 0 Å². The largest absolute Gasteiger partial charge is 0.244 e. The van der Waals surface area contributed by atoms with E-state index in [1.807, 2.05) is 0 Å². The quantitative estimate of drug-likeness (QED) is 0.585. The van der Waals surface area contributed by atoms with E-state index in [1.54, 1.807) is 0 Å². The summed E-state index contributed by atoms with van der Waals surface area (Å²) in [6.45, 7) is 9.40. The maximum Gasteiger partial charge on any atom is -0.00384 e. The van der Waals surface area contributed by atoms with Gasteiger partial charge in [-0.05, 0) is 29.4 Å². The first kappa shape index (κ1) is 10.3. The van der Waals surface area contributed by atoms with Crippen LogP contribution in [0.15, 0.2) is 0 Å². The van der Waals surface area contributed by atoms with Gasteiger partial charge in [-0.3, -0.25) is 0 Å². The zero-order chi connectivity index (χ0) is 8.58. The average molecular weight is 162 g/mol. The summed E-state index contributed by atoms with van der Waals surface area (Å²) in [5, 5.41) is 0. The van der Waals surface area contributed by atoms with Crippen molar-refractivity contribution in [1.82, 2.24) is 0 Å². The SMILES string of the molecule is CC(C)C(C)(C)S(C)(C)C. The first-order valence-electron chi connectivity index (χ1n) is 3.87. The molecule has 0 nitrogen and oxygen atoms in total. The molecule has 0 aliphatic heterocycles. The Morgan fingerprint density at radius 1 is 1.00 bits per heavy atom. The smallest absolute Gasteiger partial charge is 0.00384 e. The zero-order valence-electron chi connectivity index (χ0n) is 8.49. The van der Waals surface area contributed by atoms with E-state index >= 15 is 0 Å². The molecule has 0 spiro atoms. The van der Waals surface area contributed by atoms with E-state index in [1.165, 1.54) is 0 Å². The minimum Gasteiger partial charge on any atom is -0.244 e. The summed E-state index contributed by atoms with van der Waals surface area (Å²) in [5.74, 6) is 0.794. The van der Waals surface area contributed by atoms with Crippen LogP contribution in [0.3, 0.4) is 0 Å². The second-order valence-corrected chi connectivity index (χ2v) is 9.32. The van der Waals surface area contributed by atoms with Gasteiger partial charge in [-0.25, -0.2) is 10.0 Å². The van der Waals surface area contributed by atoms with E-state index in [4.69, 9.17) is 0 Å². The van der Waals surface area contributed by atoms with Gasteiger partial charge in [-0.1, -0.05) is 27.7 Å².